The molecule has 3 rings (SSSR count). The predicted molar refractivity (Wildman–Crippen MR) is 100 cm³/mol. The lowest BCUT2D eigenvalue weighted by molar-refractivity contribution is -0.129. The number of nitrogens with one attached hydrogen (secondary N) is 2. The highest BCUT2D eigenvalue weighted by atomic mass is 16.5. The third-order valence-electron chi connectivity index (χ3n) is 4.16. The van der Waals surface area contributed by atoms with Crippen LogP contribution in [-0.4, -0.2) is 16.2 Å². The van der Waals surface area contributed by atoms with Gasteiger partial charge in [0.1, 0.15) is 5.75 Å². The van der Waals surface area contributed by atoms with Gasteiger partial charge in [-0.3, -0.25) is 10.0 Å². The van der Waals surface area contributed by atoms with Crippen LogP contribution in [0, 0.1) is 0 Å². The molecule has 0 aliphatic rings. The molecule has 1 amide bonds. The number of carbonyl (C=O) groups is 1. The van der Waals surface area contributed by atoms with Crippen LogP contribution in [0.1, 0.15) is 22.6 Å². The minimum absolute atomic E-state index is 0.236. The molecular weight excluding hydrogens is 328 g/mol. The zero-order valence-corrected chi connectivity index (χ0v) is 14.1. The second kappa shape index (κ2) is 8.18. The molecule has 0 fully saturated rings. The number of aromatic hydroxyl groups is 1. The van der Waals surface area contributed by atoms with Crippen molar-refractivity contribution in [2.75, 3.05) is 5.32 Å². The van der Waals surface area contributed by atoms with Gasteiger partial charge < -0.3 is 10.4 Å². The van der Waals surface area contributed by atoms with Gasteiger partial charge in [0.05, 0.1) is 5.92 Å². The molecule has 26 heavy (non-hydrogen) atoms. The quantitative estimate of drug-likeness (QED) is 0.405. The predicted octanol–water partition coefficient (Wildman–Crippen LogP) is 3.64. The zero-order valence-electron chi connectivity index (χ0n) is 14.1. The third-order valence-corrected chi connectivity index (χ3v) is 4.16. The Morgan fingerprint density at radius 3 is 2.23 bits per heavy atom. The summed E-state index contributed by atoms with van der Waals surface area (Å²) in [5.41, 5.74) is 5.20. The zero-order chi connectivity index (χ0) is 18.4. The molecule has 0 saturated heterocycles. The SMILES string of the molecule is O=C(NO)C(c1ccccc1)c1ccc(NCc2cccc(O)c2)cc1. The van der Waals surface area contributed by atoms with Gasteiger partial charge in [-0.1, -0.05) is 54.6 Å². The largest absolute Gasteiger partial charge is 0.508 e. The molecule has 3 aromatic rings. The average Bonchev–Trinajstić information content (AvgIpc) is 2.68. The van der Waals surface area contributed by atoms with Gasteiger partial charge >= 0.3 is 0 Å². The fourth-order valence-corrected chi connectivity index (χ4v) is 2.87. The minimum atomic E-state index is -0.582. The molecule has 1 unspecified atom stereocenters. The highest BCUT2D eigenvalue weighted by Crippen LogP contribution is 2.26. The van der Waals surface area contributed by atoms with Crippen molar-refractivity contribution < 1.29 is 15.1 Å². The lowest BCUT2D eigenvalue weighted by Gasteiger charge is -2.16. The number of phenolic OH excluding ortho intramolecular Hbond substituents is 1. The van der Waals surface area contributed by atoms with Gasteiger partial charge in [-0.15, -0.1) is 0 Å². The fourth-order valence-electron chi connectivity index (χ4n) is 2.87. The monoisotopic (exact) mass is 348 g/mol. The van der Waals surface area contributed by atoms with E-state index in [2.05, 4.69) is 5.32 Å². The number of hydrogen-bond donors (Lipinski definition) is 4. The van der Waals surface area contributed by atoms with Gasteiger partial charge in [-0.25, -0.2) is 5.48 Å². The summed E-state index contributed by atoms with van der Waals surface area (Å²) in [7, 11) is 0. The Labute approximate surface area is 151 Å². The summed E-state index contributed by atoms with van der Waals surface area (Å²) in [6.07, 6.45) is 0. The fraction of sp³-hybridized carbons (Fsp3) is 0.0952. The Morgan fingerprint density at radius 2 is 1.58 bits per heavy atom. The van der Waals surface area contributed by atoms with Gasteiger partial charge in [-0.05, 0) is 41.0 Å². The normalized spacial score (nSPS) is 11.6. The molecule has 0 aliphatic carbocycles. The Hall–Kier alpha value is -3.31. The molecule has 0 spiro atoms. The highest BCUT2D eigenvalue weighted by molar-refractivity contribution is 5.86. The average molecular weight is 348 g/mol. The minimum Gasteiger partial charge on any atom is -0.508 e. The van der Waals surface area contributed by atoms with Crippen molar-refractivity contribution in [3.8, 4) is 5.75 Å². The second-order valence-corrected chi connectivity index (χ2v) is 5.97. The summed E-state index contributed by atoms with van der Waals surface area (Å²) < 4.78 is 0. The number of carbonyl (C=O) groups excluding carboxylic acids is 1. The standard InChI is InChI=1S/C21H20N2O3/c24-19-8-4-5-15(13-19)14-22-18-11-9-17(10-12-18)20(21(25)23-26)16-6-2-1-3-7-16/h1-13,20,22,24,26H,14H2,(H,23,25). The van der Waals surface area contributed by atoms with Gasteiger partial charge in [0.15, 0.2) is 0 Å². The van der Waals surface area contributed by atoms with E-state index in [1.54, 1.807) is 23.7 Å². The van der Waals surface area contributed by atoms with E-state index in [1.165, 1.54) is 0 Å². The van der Waals surface area contributed by atoms with Crippen LogP contribution >= 0.6 is 0 Å². The summed E-state index contributed by atoms with van der Waals surface area (Å²) in [4.78, 5) is 12.1. The summed E-state index contributed by atoms with van der Waals surface area (Å²) in [6, 6.07) is 23.9. The maximum absolute atomic E-state index is 12.1. The van der Waals surface area contributed by atoms with Crippen LogP contribution in [0.2, 0.25) is 0 Å². The van der Waals surface area contributed by atoms with Crippen LogP contribution in [0.5, 0.6) is 5.75 Å². The Bertz CT molecular complexity index is 864. The Balaban J connectivity index is 1.75. The number of amides is 1. The van der Waals surface area contributed by atoms with Gasteiger partial charge in [0, 0.05) is 12.2 Å². The lowest BCUT2D eigenvalue weighted by atomic mass is 9.90. The summed E-state index contributed by atoms with van der Waals surface area (Å²) >= 11 is 0. The number of hydroxylamine groups is 1. The molecule has 1 atom stereocenters. The van der Waals surface area contributed by atoms with E-state index in [0.717, 1.165) is 22.4 Å². The summed E-state index contributed by atoms with van der Waals surface area (Å²) in [5, 5.41) is 21.9. The van der Waals surface area contributed by atoms with Crippen molar-refractivity contribution in [1.29, 1.82) is 0 Å². The van der Waals surface area contributed by atoms with Gasteiger partial charge in [0.2, 0.25) is 0 Å². The number of anilines is 1. The number of phenols is 1. The number of rotatable bonds is 6. The lowest BCUT2D eigenvalue weighted by Crippen LogP contribution is -2.27. The first-order chi connectivity index (χ1) is 12.7. The van der Waals surface area contributed by atoms with Crippen molar-refractivity contribution >= 4 is 11.6 Å². The molecule has 0 heterocycles. The Kier molecular flexibility index (Phi) is 5.51. The second-order valence-electron chi connectivity index (χ2n) is 5.97. The topological polar surface area (TPSA) is 81.6 Å². The molecule has 0 aromatic heterocycles. The Morgan fingerprint density at radius 1 is 0.885 bits per heavy atom. The van der Waals surface area contributed by atoms with Crippen LogP contribution in [0.4, 0.5) is 5.69 Å². The molecule has 0 aliphatic heterocycles. The van der Waals surface area contributed by atoms with Crippen LogP contribution in [0.15, 0.2) is 78.9 Å². The molecule has 5 nitrogen and oxygen atoms in total. The molecule has 3 aromatic carbocycles. The first-order valence-electron chi connectivity index (χ1n) is 8.28. The van der Waals surface area contributed by atoms with E-state index in [9.17, 15) is 9.90 Å². The summed E-state index contributed by atoms with van der Waals surface area (Å²) in [6.45, 7) is 0.576. The number of benzene rings is 3. The van der Waals surface area contributed by atoms with E-state index in [-0.39, 0.29) is 5.75 Å². The third kappa shape index (κ3) is 4.20. The van der Waals surface area contributed by atoms with Gasteiger partial charge in [0.25, 0.3) is 5.91 Å². The maximum Gasteiger partial charge on any atom is 0.255 e. The highest BCUT2D eigenvalue weighted by Gasteiger charge is 2.22. The maximum atomic E-state index is 12.1. The molecule has 0 saturated carbocycles. The number of hydrogen-bond acceptors (Lipinski definition) is 4. The van der Waals surface area contributed by atoms with Crippen LogP contribution in [-0.2, 0) is 11.3 Å². The van der Waals surface area contributed by atoms with E-state index >= 15 is 0 Å². The van der Waals surface area contributed by atoms with Gasteiger partial charge in [-0.2, -0.15) is 0 Å². The van der Waals surface area contributed by atoms with Crippen molar-refractivity contribution in [1.82, 2.24) is 5.48 Å². The van der Waals surface area contributed by atoms with Crippen molar-refractivity contribution in [2.24, 2.45) is 0 Å². The molecule has 0 radical (unpaired) electrons. The van der Waals surface area contributed by atoms with E-state index in [4.69, 9.17) is 5.21 Å². The van der Waals surface area contributed by atoms with Crippen molar-refractivity contribution in [2.45, 2.75) is 12.5 Å². The van der Waals surface area contributed by atoms with Crippen molar-refractivity contribution in [3.63, 3.8) is 0 Å². The van der Waals surface area contributed by atoms with Crippen molar-refractivity contribution in [3.05, 3.63) is 95.6 Å². The van der Waals surface area contributed by atoms with E-state index in [0.29, 0.717) is 6.54 Å². The van der Waals surface area contributed by atoms with Crippen LogP contribution in [0.3, 0.4) is 0 Å². The first-order valence-corrected chi connectivity index (χ1v) is 8.28. The molecule has 4 N–H and O–H groups in total. The van der Waals surface area contributed by atoms with Crippen LogP contribution < -0.4 is 10.8 Å². The van der Waals surface area contributed by atoms with E-state index in [1.807, 2.05) is 60.7 Å². The smallest absolute Gasteiger partial charge is 0.255 e. The van der Waals surface area contributed by atoms with Crippen LogP contribution in [0.25, 0.3) is 0 Å². The van der Waals surface area contributed by atoms with E-state index < -0.39 is 11.8 Å². The molecule has 132 valence electrons. The molecule has 0 bridgehead atoms. The molecule has 5 heteroatoms. The first kappa shape index (κ1) is 17.5. The molecular formula is C21H20N2O3. The summed E-state index contributed by atoms with van der Waals surface area (Å²) in [5.74, 6) is -0.821.